The van der Waals surface area contributed by atoms with Crippen molar-refractivity contribution < 1.29 is 4.79 Å². The molecule has 2 aliphatic rings. The molecule has 1 saturated heterocycles. The third kappa shape index (κ3) is 2.37. The lowest BCUT2D eigenvalue weighted by Gasteiger charge is -2.39. The molecule has 0 atom stereocenters. The minimum absolute atomic E-state index is 0.0123. The van der Waals surface area contributed by atoms with Crippen molar-refractivity contribution in [1.29, 1.82) is 0 Å². The predicted octanol–water partition coefficient (Wildman–Crippen LogP) is 3.34. The maximum atomic E-state index is 12.5. The Morgan fingerprint density at radius 1 is 1.18 bits per heavy atom. The van der Waals surface area contributed by atoms with Crippen molar-refractivity contribution in [1.82, 2.24) is 14.9 Å². The molecule has 22 heavy (non-hydrogen) atoms. The van der Waals surface area contributed by atoms with Gasteiger partial charge in [-0.15, -0.1) is 0 Å². The van der Waals surface area contributed by atoms with Crippen LogP contribution in [0.25, 0.3) is 11.4 Å². The van der Waals surface area contributed by atoms with Crippen molar-refractivity contribution in [3.05, 3.63) is 46.7 Å². The second kappa shape index (κ2) is 4.78. The number of halogens is 1. The molecule has 4 rings (SSSR count). The average Bonchev–Trinajstić information content (AvgIpc) is 3.26. The molecule has 1 amide bonds. The molecular weight excluding hydrogens is 298 g/mol. The van der Waals surface area contributed by atoms with E-state index in [1.807, 2.05) is 24.0 Å². The third-order valence-electron chi connectivity index (χ3n) is 4.47. The number of benzene rings is 1. The van der Waals surface area contributed by atoms with Gasteiger partial charge < -0.3 is 4.90 Å². The third-order valence-corrected chi connectivity index (χ3v) is 4.72. The Hall–Kier alpha value is -1.94. The van der Waals surface area contributed by atoms with Gasteiger partial charge in [0, 0.05) is 34.8 Å². The van der Waals surface area contributed by atoms with Crippen molar-refractivity contribution in [2.75, 3.05) is 13.1 Å². The van der Waals surface area contributed by atoms with Crippen LogP contribution in [-0.2, 0) is 0 Å². The minimum Gasteiger partial charge on any atom is -0.336 e. The molecule has 0 N–H and O–H groups in total. The molecule has 4 nitrogen and oxygen atoms in total. The van der Waals surface area contributed by atoms with E-state index in [0.29, 0.717) is 22.0 Å². The van der Waals surface area contributed by atoms with Gasteiger partial charge in [0.25, 0.3) is 5.91 Å². The summed E-state index contributed by atoms with van der Waals surface area (Å²) < 4.78 is 0. The Bertz CT molecular complexity index is 745. The summed E-state index contributed by atoms with van der Waals surface area (Å²) in [6.07, 6.45) is 2.52. The van der Waals surface area contributed by atoms with E-state index in [4.69, 9.17) is 11.6 Å². The number of amides is 1. The topological polar surface area (TPSA) is 46.1 Å². The number of likely N-dealkylation sites (tertiary alicyclic amines) is 1. The highest BCUT2D eigenvalue weighted by molar-refractivity contribution is 6.30. The molecule has 1 aromatic carbocycles. The van der Waals surface area contributed by atoms with Crippen molar-refractivity contribution in [2.45, 2.75) is 19.8 Å². The van der Waals surface area contributed by atoms with E-state index in [9.17, 15) is 4.79 Å². The number of aryl methyl sites for hydroxylation is 1. The first-order chi connectivity index (χ1) is 10.5. The zero-order valence-electron chi connectivity index (χ0n) is 12.3. The molecule has 1 aliphatic heterocycles. The molecular formula is C17H16ClN3O. The van der Waals surface area contributed by atoms with Gasteiger partial charge in [0.15, 0.2) is 5.82 Å². The molecule has 2 aromatic rings. The average molecular weight is 314 g/mol. The summed E-state index contributed by atoms with van der Waals surface area (Å²) in [5.41, 5.74) is 2.60. The molecule has 0 radical (unpaired) electrons. The number of hydrogen-bond donors (Lipinski definition) is 0. The second-order valence-electron chi connectivity index (χ2n) is 6.39. The van der Waals surface area contributed by atoms with Crippen molar-refractivity contribution in [2.24, 2.45) is 5.41 Å². The molecule has 0 bridgehead atoms. The van der Waals surface area contributed by atoms with Gasteiger partial charge in [0.1, 0.15) is 5.69 Å². The molecule has 5 heteroatoms. The Morgan fingerprint density at radius 3 is 2.50 bits per heavy atom. The number of rotatable bonds is 2. The van der Waals surface area contributed by atoms with Crippen LogP contribution in [0.2, 0.25) is 5.02 Å². The lowest BCUT2D eigenvalue weighted by Crippen LogP contribution is -2.51. The predicted molar refractivity (Wildman–Crippen MR) is 84.8 cm³/mol. The highest BCUT2D eigenvalue weighted by atomic mass is 35.5. The summed E-state index contributed by atoms with van der Waals surface area (Å²) in [6, 6.07) is 9.11. The Morgan fingerprint density at radius 2 is 1.86 bits per heavy atom. The van der Waals surface area contributed by atoms with Crippen molar-refractivity contribution in [3.8, 4) is 11.4 Å². The van der Waals surface area contributed by atoms with E-state index < -0.39 is 0 Å². The molecule has 112 valence electrons. The van der Waals surface area contributed by atoms with Crippen LogP contribution in [0.4, 0.5) is 0 Å². The van der Waals surface area contributed by atoms with Crippen LogP contribution in [0.1, 0.15) is 29.0 Å². The van der Waals surface area contributed by atoms with Crippen molar-refractivity contribution >= 4 is 17.5 Å². The van der Waals surface area contributed by atoms with Gasteiger partial charge in [-0.3, -0.25) is 4.79 Å². The number of hydrogen-bond acceptors (Lipinski definition) is 3. The summed E-state index contributed by atoms with van der Waals surface area (Å²) in [6.45, 7) is 3.65. The fourth-order valence-electron chi connectivity index (χ4n) is 2.97. The van der Waals surface area contributed by atoms with Gasteiger partial charge in [0.2, 0.25) is 0 Å². The van der Waals surface area contributed by atoms with E-state index in [0.717, 1.165) is 24.3 Å². The van der Waals surface area contributed by atoms with E-state index in [1.165, 1.54) is 12.8 Å². The monoisotopic (exact) mass is 313 g/mol. The van der Waals surface area contributed by atoms with Crippen molar-refractivity contribution in [3.63, 3.8) is 0 Å². The van der Waals surface area contributed by atoms with E-state index in [2.05, 4.69) is 9.97 Å². The summed E-state index contributed by atoms with van der Waals surface area (Å²) in [4.78, 5) is 23.3. The van der Waals surface area contributed by atoms with Gasteiger partial charge in [-0.1, -0.05) is 11.6 Å². The summed E-state index contributed by atoms with van der Waals surface area (Å²) in [5, 5.41) is 0.669. The van der Waals surface area contributed by atoms with Gasteiger partial charge >= 0.3 is 0 Å². The number of carbonyl (C=O) groups is 1. The first-order valence-electron chi connectivity index (χ1n) is 7.46. The highest BCUT2D eigenvalue weighted by Crippen LogP contribution is 2.53. The van der Waals surface area contributed by atoms with Crippen LogP contribution in [0.3, 0.4) is 0 Å². The van der Waals surface area contributed by atoms with Crippen LogP contribution < -0.4 is 0 Å². The SMILES string of the molecule is Cc1cc(C(=O)N2CC3(CC3)C2)nc(-c2ccc(Cl)cc2)n1. The first-order valence-corrected chi connectivity index (χ1v) is 7.83. The van der Waals surface area contributed by atoms with Gasteiger partial charge in [-0.2, -0.15) is 0 Å². The Kier molecular flexibility index (Phi) is 2.98. The molecule has 1 aromatic heterocycles. The number of nitrogens with zero attached hydrogens (tertiary/aromatic N) is 3. The quantitative estimate of drug-likeness (QED) is 0.854. The number of carbonyl (C=O) groups excluding carboxylic acids is 1. The standard InChI is InChI=1S/C17H16ClN3O/c1-11-8-14(16(22)21-9-17(10-21)6-7-17)20-15(19-11)12-2-4-13(18)5-3-12/h2-5,8H,6-7,9-10H2,1H3. The van der Waals surface area contributed by atoms with Crippen LogP contribution in [0.5, 0.6) is 0 Å². The van der Waals surface area contributed by atoms with E-state index >= 15 is 0 Å². The van der Waals surface area contributed by atoms with Gasteiger partial charge in [0.05, 0.1) is 0 Å². The molecule has 1 aliphatic carbocycles. The normalized spacial score (nSPS) is 18.2. The van der Waals surface area contributed by atoms with Crippen LogP contribution in [0, 0.1) is 12.3 Å². The highest BCUT2D eigenvalue weighted by Gasteiger charge is 2.53. The molecule has 2 fully saturated rings. The van der Waals surface area contributed by atoms with Crippen LogP contribution in [-0.4, -0.2) is 33.9 Å². The zero-order chi connectivity index (χ0) is 15.3. The molecule has 2 heterocycles. The fourth-order valence-corrected chi connectivity index (χ4v) is 3.09. The second-order valence-corrected chi connectivity index (χ2v) is 6.82. The smallest absolute Gasteiger partial charge is 0.272 e. The maximum absolute atomic E-state index is 12.5. The molecule has 1 spiro atoms. The maximum Gasteiger partial charge on any atom is 0.272 e. The van der Waals surface area contributed by atoms with Crippen LogP contribution in [0.15, 0.2) is 30.3 Å². The van der Waals surface area contributed by atoms with Gasteiger partial charge in [-0.25, -0.2) is 9.97 Å². The summed E-state index contributed by atoms with van der Waals surface area (Å²) in [7, 11) is 0. The first kappa shape index (κ1) is 13.7. The van der Waals surface area contributed by atoms with E-state index in [-0.39, 0.29) is 5.91 Å². The van der Waals surface area contributed by atoms with E-state index in [1.54, 1.807) is 18.2 Å². The largest absolute Gasteiger partial charge is 0.336 e. The van der Waals surface area contributed by atoms with Gasteiger partial charge in [-0.05, 0) is 50.1 Å². The Balaban J connectivity index is 1.62. The lowest BCUT2D eigenvalue weighted by atomic mass is 9.96. The Labute approximate surface area is 134 Å². The summed E-state index contributed by atoms with van der Waals surface area (Å²) in [5.74, 6) is 0.583. The van der Waals surface area contributed by atoms with Crippen LogP contribution >= 0.6 is 11.6 Å². The molecule has 1 saturated carbocycles. The minimum atomic E-state index is 0.0123. The lowest BCUT2D eigenvalue weighted by molar-refractivity contribution is 0.0437. The molecule has 0 unspecified atom stereocenters. The fraction of sp³-hybridized carbons (Fsp3) is 0.353. The zero-order valence-corrected chi connectivity index (χ0v) is 13.1. The summed E-state index contributed by atoms with van der Waals surface area (Å²) >= 11 is 5.91. The number of aromatic nitrogens is 2.